The van der Waals surface area contributed by atoms with Gasteiger partial charge >= 0.3 is 0 Å². The van der Waals surface area contributed by atoms with Crippen LogP contribution < -0.4 is 0 Å². The predicted molar refractivity (Wildman–Crippen MR) is 69.8 cm³/mol. The van der Waals surface area contributed by atoms with Crippen LogP contribution in [0, 0.1) is 11.8 Å². The summed E-state index contributed by atoms with van der Waals surface area (Å²) in [5.41, 5.74) is 2.07. The Balaban J connectivity index is 1.92. The fourth-order valence-corrected chi connectivity index (χ4v) is 3.91. The van der Waals surface area contributed by atoms with Gasteiger partial charge in [-0.1, -0.05) is 44.0 Å². The van der Waals surface area contributed by atoms with Crippen molar-refractivity contribution in [1.82, 2.24) is 0 Å². The van der Waals surface area contributed by atoms with Gasteiger partial charge in [0.25, 0.3) is 0 Å². The zero-order valence-corrected chi connectivity index (χ0v) is 10.7. The molecule has 0 aliphatic heterocycles. The lowest BCUT2D eigenvalue weighted by Gasteiger charge is -2.38. The molecule has 2 aliphatic carbocycles. The molecule has 0 aromatic heterocycles. The van der Waals surface area contributed by atoms with Gasteiger partial charge in [0.15, 0.2) is 0 Å². The molecule has 0 amide bonds. The molecule has 0 radical (unpaired) electrons. The first-order valence-electron chi connectivity index (χ1n) is 7.01. The van der Waals surface area contributed by atoms with Crippen LogP contribution in [0.1, 0.15) is 50.2 Å². The van der Waals surface area contributed by atoms with E-state index in [1.54, 1.807) is 0 Å². The summed E-state index contributed by atoms with van der Waals surface area (Å²) in [5, 5.41) is 11.1. The summed E-state index contributed by atoms with van der Waals surface area (Å²) in [5.74, 6) is 1.26. The van der Waals surface area contributed by atoms with E-state index in [9.17, 15) is 5.11 Å². The molecule has 2 aliphatic rings. The topological polar surface area (TPSA) is 20.2 Å². The molecule has 3 unspecified atom stereocenters. The molecule has 3 atom stereocenters. The van der Waals surface area contributed by atoms with Gasteiger partial charge in [-0.05, 0) is 48.6 Å². The van der Waals surface area contributed by atoms with Crippen molar-refractivity contribution in [1.29, 1.82) is 0 Å². The summed E-state index contributed by atoms with van der Waals surface area (Å²) in [6.45, 7) is 2.33. The minimum Gasteiger partial charge on any atom is -0.385 e. The van der Waals surface area contributed by atoms with Crippen LogP contribution in [0.25, 0.3) is 0 Å². The van der Waals surface area contributed by atoms with Crippen molar-refractivity contribution in [3.05, 3.63) is 35.4 Å². The van der Waals surface area contributed by atoms with Crippen LogP contribution in [0.2, 0.25) is 0 Å². The Labute approximate surface area is 104 Å². The van der Waals surface area contributed by atoms with E-state index in [1.807, 2.05) is 0 Å². The molecule has 3 rings (SSSR count). The largest absolute Gasteiger partial charge is 0.385 e. The van der Waals surface area contributed by atoms with Crippen molar-refractivity contribution in [2.24, 2.45) is 11.8 Å². The second-order valence-corrected chi connectivity index (χ2v) is 6.05. The van der Waals surface area contributed by atoms with E-state index in [1.165, 1.54) is 36.8 Å². The lowest BCUT2D eigenvalue weighted by Crippen LogP contribution is -2.35. The predicted octanol–water partition coefficient (Wildman–Crippen LogP) is 3.65. The maximum Gasteiger partial charge on any atom is 0.0930 e. The Morgan fingerprint density at radius 3 is 2.88 bits per heavy atom. The van der Waals surface area contributed by atoms with E-state index in [4.69, 9.17) is 0 Å². The minimum absolute atomic E-state index is 0.481. The molecule has 1 fully saturated rings. The first kappa shape index (κ1) is 11.3. The van der Waals surface area contributed by atoms with E-state index in [0.29, 0.717) is 5.92 Å². The number of rotatable bonds is 1. The highest BCUT2D eigenvalue weighted by atomic mass is 16.3. The van der Waals surface area contributed by atoms with Gasteiger partial charge in [-0.25, -0.2) is 0 Å². The van der Waals surface area contributed by atoms with Gasteiger partial charge in [0, 0.05) is 0 Å². The van der Waals surface area contributed by atoms with Crippen LogP contribution in [-0.4, -0.2) is 5.11 Å². The van der Waals surface area contributed by atoms with Crippen molar-refractivity contribution in [2.75, 3.05) is 0 Å². The second kappa shape index (κ2) is 4.13. The van der Waals surface area contributed by atoms with Crippen LogP contribution in [0.15, 0.2) is 24.3 Å². The highest BCUT2D eigenvalue weighted by Crippen LogP contribution is 2.48. The van der Waals surface area contributed by atoms with Gasteiger partial charge in [-0.2, -0.15) is 0 Å². The molecule has 1 saturated carbocycles. The van der Waals surface area contributed by atoms with Gasteiger partial charge in [0.05, 0.1) is 5.60 Å². The quantitative estimate of drug-likeness (QED) is 0.781. The molecular weight excluding hydrogens is 208 g/mol. The van der Waals surface area contributed by atoms with Gasteiger partial charge in [0.2, 0.25) is 0 Å². The number of hydrogen-bond acceptors (Lipinski definition) is 1. The fourth-order valence-electron chi connectivity index (χ4n) is 3.91. The molecule has 17 heavy (non-hydrogen) atoms. The van der Waals surface area contributed by atoms with Gasteiger partial charge < -0.3 is 5.11 Å². The van der Waals surface area contributed by atoms with Crippen molar-refractivity contribution in [3.8, 4) is 0 Å². The molecule has 92 valence electrons. The summed E-state index contributed by atoms with van der Waals surface area (Å²) in [6.07, 6.45) is 7.02. The van der Waals surface area contributed by atoms with Crippen LogP contribution in [0.5, 0.6) is 0 Å². The van der Waals surface area contributed by atoms with Gasteiger partial charge in [0.1, 0.15) is 0 Å². The second-order valence-electron chi connectivity index (χ2n) is 6.05. The highest BCUT2D eigenvalue weighted by Gasteiger charge is 2.44. The summed E-state index contributed by atoms with van der Waals surface area (Å²) < 4.78 is 0. The highest BCUT2D eigenvalue weighted by molar-refractivity contribution is 5.37. The number of aliphatic hydroxyl groups is 1. The number of benzene rings is 1. The normalized spacial score (nSPS) is 36.8. The molecule has 0 saturated heterocycles. The third-order valence-corrected chi connectivity index (χ3v) is 4.87. The number of fused-ring (bicyclic) bond motifs is 1. The Kier molecular flexibility index (Phi) is 2.74. The smallest absolute Gasteiger partial charge is 0.0930 e. The van der Waals surface area contributed by atoms with Crippen LogP contribution >= 0.6 is 0 Å². The van der Waals surface area contributed by atoms with Crippen molar-refractivity contribution in [3.63, 3.8) is 0 Å². The maximum atomic E-state index is 11.1. The molecule has 1 N–H and O–H groups in total. The Morgan fingerprint density at radius 2 is 2.06 bits per heavy atom. The average molecular weight is 230 g/mol. The average Bonchev–Trinajstić information content (AvgIpc) is 2.69. The maximum absolute atomic E-state index is 11.1. The Bertz CT molecular complexity index is 412. The molecule has 0 bridgehead atoms. The number of hydrogen-bond donors (Lipinski definition) is 1. The van der Waals surface area contributed by atoms with E-state index < -0.39 is 5.60 Å². The van der Waals surface area contributed by atoms with E-state index in [-0.39, 0.29) is 0 Å². The lowest BCUT2D eigenvalue weighted by atomic mass is 9.71. The molecule has 0 heterocycles. The third kappa shape index (κ3) is 1.81. The Morgan fingerprint density at radius 1 is 1.24 bits per heavy atom. The molecule has 1 nitrogen and oxygen atoms in total. The first-order valence-corrected chi connectivity index (χ1v) is 7.01. The fraction of sp³-hybridized carbons (Fsp3) is 0.625. The molecule has 1 heteroatoms. The van der Waals surface area contributed by atoms with Gasteiger partial charge in [-0.3, -0.25) is 0 Å². The molecule has 1 aromatic carbocycles. The monoisotopic (exact) mass is 230 g/mol. The molecule has 0 spiro atoms. The van der Waals surface area contributed by atoms with Crippen LogP contribution in [-0.2, 0) is 12.0 Å². The van der Waals surface area contributed by atoms with Crippen LogP contribution in [0.3, 0.4) is 0 Å². The Hall–Kier alpha value is -0.820. The third-order valence-electron chi connectivity index (χ3n) is 4.87. The van der Waals surface area contributed by atoms with Crippen molar-refractivity contribution in [2.45, 2.75) is 51.0 Å². The van der Waals surface area contributed by atoms with Crippen LogP contribution in [0.4, 0.5) is 0 Å². The lowest BCUT2D eigenvalue weighted by molar-refractivity contribution is -0.0441. The standard InChI is InChI=1S/C16H22O/c1-12-5-4-7-14(11-12)16(17)10-9-13-6-2-3-8-15(13)16/h2-3,6,8,12,14,17H,4-5,7,9-11H2,1H3. The first-order chi connectivity index (χ1) is 8.20. The molecule has 1 aromatic rings. The minimum atomic E-state index is -0.523. The van der Waals surface area contributed by atoms with E-state index in [0.717, 1.165) is 18.8 Å². The van der Waals surface area contributed by atoms with E-state index >= 15 is 0 Å². The van der Waals surface area contributed by atoms with Crippen molar-refractivity contribution >= 4 is 0 Å². The number of aryl methyl sites for hydroxylation is 1. The summed E-state index contributed by atoms with van der Waals surface area (Å²) in [4.78, 5) is 0. The van der Waals surface area contributed by atoms with Crippen molar-refractivity contribution < 1.29 is 5.11 Å². The summed E-state index contributed by atoms with van der Waals surface area (Å²) >= 11 is 0. The van der Waals surface area contributed by atoms with E-state index in [2.05, 4.69) is 31.2 Å². The van der Waals surface area contributed by atoms with Gasteiger partial charge in [-0.15, -0.1) is 0 Å². The zero-order valence-electron chi connectivity index (χ0n) is 10.7. The SMILES string of the molecule is CC1CCCC(C2(O)CCc3ccccc32)C1. The summed E-state index contributed by atoms with van der Waals surface area (Å²) in [6, 6.07) is 8.48. The summed E-state index contributed by atoms with van der Waals surface area (Å²) in [7, 11) is 0. The molecular formula is C16H22O. The zero-order chi connectivity index (χ0) is 11.9.